The molecule has 5 heterocycles. The minimum atomic E-state index is -0.139. The van der Waals surface area contributed by atoms with Gasteiger partial charge in [0.25, 0.3) is 0 Å². The van der Waals surface area contributed by atoms with Crippen molar-refractivity contribution in [3.05, 3.63) is 0 Å². The molecule has 5 saturated heterocycles. The standard InChI is InChI=1S/C23H40ClN7O3S/c1-12-6-13(14-7-20(24)26-9-18(14)34-2)15(8-25-12)21(32)29-23-28-17-10-31(11-19(17)35-23)22(33)16-4-3-5-27-30-16/h12-20,23,25-28,30H,3-11H2,1-2H3,(H,29,32). The third-order valence-corrected chi connectivity index (χ3v) is 10.1. The zero-order chi connectivity index (χ0) is 24.5. The summed E-state index contributed by atoms with van der Waals surface area (Å²) in [7, 11) is 1.75. The van der Waals surface area contributed by atoms with Crippen LogP contribution in [-0.2, 0) is 14.3 Å². The average Bonchev–Trinajstić information content (AvgIpc) is 3.42. The lowest BCUT2D eigenvalue weighted by atomic mass is 9.70. The van der Waals surface area contributed by atoms with Gasteiger partial charge in [-0.25, -0.2) is 5.43 Å². The van der Waals surface area contributed by atoms with Gasteiger partial charge in [0.1, 0.15) is 11.5 Å². The Hall–Kier alpha value is -0.660. The van der Waals surface area contributed by atoms with E-state index in [0.29, 0.717) is 30.9 Å². The number of piperidine rings is 2. The van der Waals surface area contributed by atoms with Gasteiger partial charge in [0.05, 0.1) is 17.5 Å². The summed E-state index contributed by atoms with van der Waals surface area (Å²) in [6.45, 7) is 5.88. The van der Waals surface area contributed by atoms with Crippen molar-refractivity contribution < 1.29 is 14.3 Å². The Kier molecular flexibility index (Phi) is 8.45. The predicted octanol–water partition coefficient (Wildman–Crippen LogP) is -0.638. The number of carbonyl (C=O) groups excluding carboxylic acids is 2. The normalized spacial score (nSPS) is 44.1. The summed E-state index contributed by atoms with van der Waals surface area (Å²) in [6, 6.07) is 0.422. The maximum absolute atomic E-state index is 13.5. The van der Waals surface area contributed by atoms with Gasteiger partial charge in [0.15, 0.2) is 0 Å². The van der Waals surface area contributed by atoms with E-state index in [9.17, 15) is 9.59 Å². The number of ether oxygens (including phenoxy) is 1. The molecule has 10 atom stereocenters. The van der Waals surface area contributed by atoms with Crippen LogP contribution < -0.4 is 32.1 Å². The molecular formula is C23H40ClN7O3S. The van der Waals surface area contributed by atoms with Crippen LogP contribution in [0.25, 0.3) is 0 Å². The smallest absolute Gasteiger partial charge is 0.241 e. The molecule has 35 heavy (non-hydrogen) atoms. The summed E-state index contributed by atoms with van der Waals surface area (Å²) in [5, 5.41) is 13.9. The number of halogens is 1. The maximum Gasteiger partial charge on any atom is 0.241 e. The lowest BCUT2D eigenvalue weighted by Crippen LogP contribution is -2.57. The number of hydrazine groups is 1. The molecule has 5 fully saturated rings. The van der Waals surface area contributed by atoms with Crippen LogP contribution in [0.15, 0.2) is 0 Å². The molecule has 10 nitrogen and oxygen atoms in total. The van der Waals surface area contributed by atoms with Crippen molar-refractivity contribution in [1.82, 2.24) is 37.0 Å². The molecule has 10 unspecified atom stereocenters. The number of nitrogens with one attached hydrogen (secondary N) is 6. The first-order valence-corrected chi connectivity index (χ1v) is 14.4. The van der Waals surface area contributed by atoms with Gasteiger partial charge in [-0.1, -0.05) is 0 Å². The number of fused-ring (bicyclic) bond motifs is 1. The van der Waals surface area contributed by atoms with E-state index in [-0.39, 0.29) is 58.8 Å². The first kappa shape index (κ1) is 26.0. The molecule has 0 spiro atoms. The molecule has 0 aromatic heterocycles. The first-order valence-electron chi connectivity index (χ1n) is 13.1. The molecule has 6 N–H and O–H groups in total. The lowest BCUT2D eigenvalue weighted by Gasteiger charge is -2.45. The molecule has 12 heteroatoms. The van der Waals surface area contributed by atoms with Crippen molar-refractivity contribution in [2.75, 3.05) is 39.8 Å². The molecule has 198 valence electrons. The second kappa shape index (κ2) is 11.4. The largest absolute Gasteiger partial charge is 0.380 e. The average molecular weight is 530 g/mol. The molecule has 5 aliphatic rings. The van der Waals surface area contributed by atoms with Crippen LogP contribution in [0.4, 0.5) is 0 Å². The summed E-state index contributed by atoms with van der Waals surface area (Å²) in [5.74, 6) is 0.600. The van der Waals surface area contributed by atoms with Crippen molar-refractivity contribution in [2.24, 2.45) is 17.8 Å². The van der Waals surface area contributed by atoms with Gasteiger partial charge in [-0.05, 0) is 44.4 Å². The van der Waals surface area contributed by atoms with Gasteiger partial charge >= 0.3 is 0 Å². The number of nitrogens with zero attached hydrogens (tertiary/aromatic N) is 1. The second-order valence-electron chi connectivity index (χ2n) is 10.7. The third-order valence-electron chi connectivity index (χ3n) is 8.41. The number of amides is 2. The Bertz CT molecular complexity index is 761. The number of alkyl halides is 1. The number of carbonyl (C=O) groups is 2. The third kappa shape index (κ3) is 5.77. The molecule has 2 amide bonds. The van der Waals surface area contributed by atoms with Crippen LogP contribution in [0.5, 0.6) is 0 Å². The zero-order valence-corrected chi connectivity index (χ0v) is 22.2. The second-order valence-corrected chi connectivity index (χ2v) is 12.6. The van der Waals surface area contributed by atoms with Crippen LogP contribution >= 0.6 is 23.4 Å². The highest BCUT2D eigenvalue weighted by molar-refractivity contribution is 8.00. The van der Waals surface area contributed by atoms with Crippen LogP contribution in [-0.4, -0.2) is 97.0 Å². The van der Waals surface area contributed by atoms with Gasteiger partial charge in [-0.3, -0.25) is 25.6 Å². The van der Waals surface area contributed by atoms with Crippen molar-refractivity contribution in [1.29, 1.82) is 0 Å². The predicted molar refractivity (Wildman–Crippen MR) is 137 cm³/mol. The molecular weight excluding hydrogens is 490 g/mol. The number of rotatable bonds is 5. The van der Waals surface area contributed by atoms with E-state index >= 15 is 0 Å². The molecule has 5 rings (SSSR count). The summed E-state index contributed by atoms with van der Waals surface area (Å²) in [4.78, 5) is 28.3. The van der Waals surface area contributed by atoms with E-state index in [2.05, 4.69) is 39.0 Å². The summed E-state index contributed by atoms with van der Waals surface area (Å²) < 4.78 is 5.80. The number of likely N-dealkylation sites (tertiary alicyclic amines) is 1. The highest BCUT2D eigenvalue weighted by atomic mass is 35.5. The Morgan fingerprint density at radius 2 is 2.00 bits per heavy atom. The zero-order valence-electron chi connectivity index (χ0n) is 20.6. The highest BCUT2D eigenvalue weighted by Crippen LogP contribution is 2.38. The quantitative estimate of drug-likeness (QED) is 0.204. The van der Waals surface area contributed by atoms with E-state index in [1.54, 1.807) is 18.9 Å². The molecule has 0 bridgehead atoms. The minimum Gasteiger partial charge on any atom is -0.380 e. The Morgan fingerprint density at radius 3 is 2.74 bits per heavy atom. The van der Waals surface area contributed by atoms with Gasteiger partial charge in [-0.2, -0.15) is 0 Å². The molecule has 0 saturated carbocycles. The van der Waals surface area contributed by atoms with E-state index < -0.39 is 0 Å². The molecule has 0 aliphatic carbocycles. The van der Waals surface area contributed by atoms with Crippen LogP contribution in [0.2, 0.25) is 0 Å². The molecule has 0 aromatic rings. The van der Waals surface area contributed by atoms with Crippen LogP contribution in [0, 0.1) is 17.8 Å². The molecule has 5 aliphatic heterocycles. The maximum atomic E-state index is 13.5. The SMILES string of the molecule is COC1CNC(Cl)CC1C1CC(C)NCC1C(=O)NC1NC2CN(C(=O)C3CCCNN3)CC2S1. The van der Waals surface area contributed by atoms with Gasteiger partial charge in [-0.15, -0.1) is 23.4 Å². The van der Waals surface area contributed by atoms with Crippen LogP contribution in [0.3, 0.4) is 0 Å². The van der Waals surface area contributed by atoms with Crippen molar-refractivity contribution in [2.45, 2.75) is 73.1 Å². The van der Waals surface area contributed by atoms with E-state index in [4.69, 9.17) is 16.3 Å². The minimum absolute atomic E-state index is 0.0614. The number of hydrogen-bond acceptors (Lipinski definition) is 9. The Morgan fingerprint density at radius 1 is 1.14 bits per heavy atom. The Balaban J connectivity index is 1.16. The number of hydrogen-bond donors (Lipinski definition) is 6. The monoisotopic (exact) mass is 529 g/mol. The summed E-state index contributed by atoms with van der Waals surface area (Å²) in [5.41, 5.74) is 6.01. The van der Waals surface area contributed by atoms with Gasteiger partial charge < -0.3 is 20.3 Å². The molecule has 0 aromatic carbocycles. The highest BCUT2D eigenvalue weighted by Gasteiger charge is 2.47. The fraction of sp³-hybridized carbons (Fsp3) is 0.913. The van der Waals surface area contributed by atoms with Crippen molar-refractivity contribution in [3.63, 3.8) is 0 Å². The first-order chi connectivity index (χ1) is 16.9. The fourth-order valence-electron chi connectivity index (χ4n) is 6.51. The summed E-state index contributed by atoms with van der Waals surface area (Å²) in [6.07, 6.45) is 3.68. The van der Waals surface area contributed by atoms with E-state index in [1.807, 2.05) is 4.90 Å². The lowest BCUT2D eigenvalue weighted by molar-refractivity contribution is -0.133. The fourth-order valence-corrected chi connectivity index (χ4v) is 8.22. The van der Waals surface area contributed by atoms with Crippen LogP contribution in [0.1, 0.15) is 32.6 Å². The van der Waals surface area contributed by atoms with E-state index in [0.717, 1.165) is 38.8 Å². The Labute approximate surface area is 217 Å². The van der Waals surface area contributed by atoms with E-state index in [1.165, 1.54) is 0 Å². The topological polar surface area (TPSA) is 119 Å². The van der Waals surface area contributed by atoms with Crippen molar-refractivity contribution >= 4 is 35.2 Å². The van der Waals surface area contributed by atoms with Gasteiger partial charge in [0.2, 0.25) is 11.8 Å². The number of thioether (sulfide) groups is 1. The van der Waals surface area contributed by atoms with Gasteiger partial charge in [0, 0.05) is 57.2 Å². The molecule has 0 radical (unpaired) electrons. The summed E-state index contributed by atoms with van der Waals surface area (Å²) >= 11 is 8.20. The number of methoxy groups -OCH3 is 1. The van der Waals surface area contributed by atoms with Crippen molar-refractivity contribution in [3.8, 4) is 0 Å².